The van der Waals surface area contributed by atoms with E-state index in [2.05, 4.69) is 30.6 Å². The fraction of sp³-hybridized carbons (Fsp3) is 0.600. The van der Waals surface area contributed by atoms with Gasteiger partial charge >= 0.3 is 0 Å². The van der Waals surface area contributed by atoms with Crippen LogP contribution >= 0.6 is 0 Å². The highest BCUT2D eigenvalue weighted by Gasteiger charge is 2.09. The van der Waals surface area contributed by atoms with E-state index in [0.29, 0.717) is 5.69 Å². The number of nitrogens with zero attached hydrogens (tertiary/aromatic N) is 2. The Balaban J connectivity index is 2.60. The summed E-state index contributed by atoms with van der Waals surface area (Å²) < 4.78 is 13.3. The van der Waals surface area contributed by atoms with Gasteiger partial charge in [0.25, 0.3) is 0 Å². The largest absolute Gasteiger partial charge is 0.397 e. The van der Waals surface area contributed by atoms with Crippen molar-refractivity contribution in [2.75, 3.05) is 43.4 Å². The van der Waals surface area contributed by atoms with Crippen molar-refractivity contribution in [2.24, 2.45) is 0 Å². The molecule has 0 aliphatic carbocycles. The van der Waals surface area contributed by atoms with Crippen LogP contribution < -0.4 is 10.6 Å². The first kappa shape index (κ1) is 15.8. The van der Waals surface area contributed by atoms with Gasteiger partial charge in [-0.2, -0.15) is 0 Å². The molecule has 0 amide bonds. The normalized spacial score (nSPS) is 11.0. The molecule has 0 aliphatic heterocycles. The highest BCUT2D eigenvalue weighted by Crippen LogP contribution is 2.24. The van der Waals surface area contributed by atoms with Crippen LogP contribution in [0.1, 0.15) is 27.2 Å². The number of nitrogens with two attached hydrogens (primary N) is 1. The maximum absolute atomic E-state index is 13.3. The molecule has 0 saturated heterocycles. The van der Waals surface area contributed by atoms with E-state index in [-0.39, 0.29) is 5.82 Å². The van der Waals surface area contributed by atoms with Crippen molar-refractivity contribution in [3.8, 4) is 0 Å². The molecule has 2 N–H and O–H groups in total. The third-order valence-corrected chi connectivity index (χ3v) is 3.51. The Morgan fingerprint density at radius 2 is 1.74 bits per heavy atom. The van der Waals surface area contributed by atoms with Crippen LogP contribution in [-0.4, -0.2) is 37.6 Å². The van der Waals surface area contributed by atoms with E-state index in [0.717, 1.165) is 44.8 Å². The van der Waals surface area contributed by atoms with Crippen LogP contribution in [0.2, 0.25) is 0 Å². The molecule has 0 unspecified atom stereocenters. The molecule has 0 saturated carbocycles. The lowest BCUT2D eigenvalue weighted by atomic mass is 10.2. The van der Waals surface area contributed by atoms with Crippen LogP contribution in [0.5, 0.6) is 0 Å². The molecule has 1 rings (SSSR count). The SMILES string of the molecule is CCN(CC)CCCN(CC)c1cc(F)ccc1N. The van der Waals surface area contributed by atoms with Crippen molar-refractivity contribution in [1.29, 1.82) is 0 Å². The van der Waals surface area contributed by atoms with E-state index < -0.39 is 0 Å². The highest BCUT2D eigenvalue weighted by molar-refractivity contribution is 5.67. The van der Waals surface area contributed by atoms with Crippen molar-refractivity contribution >= 4 is 11.4 Å². The van der Waals surface area contributed by atoms with E-state index in [1.165, 1.54) is 12.1 Å². The fourth-order valence-electron chi connectivity index (χ4n) is 2.26. The van der Waals surface area contributed by atoms with E-state index in [9.17, 15) is 4.39 Å². The van der Waals surface area contributed by atoms with Crippen molar-refractivity contribution in [2.45, 2.75) is 27.2 Å². The first-order valence-electron chi connectivity index (χ1n) is 7.14. The van der Waals surface area contributed by atoms with Crippen LogP contribution in [0.4, 0.5) is 15.8 Å². The van der Waals surface area contributed by atoms with Crippen molar-refractivity contribution in [3.63, 3.8) is 0 Å². The fourth-order valence-corrected chi connectivity index (χ4v) is 2.26. The van der Waals surface area contributed by atoms with Gasteiger partial charge in [0.1, 0.15) is 5.82 Å². The van der Waals surface area contributed by atoms with Crippen molar-refractivity contribution in [1.82, 2.24) is 4.90 Å². The number of nitrogen functional groups attached to an aromatic ring is 1. The summed E-state index contributed by atoms with van der Waals surface area (Å²) in [5, 5.41) is 0. The van der Waals surface area contributed by atoms with Crippen LogP contribution in [0.15, 0.2) is 18.2 Å². The predicted molar refractivity (Wildman–Crippen MR) is 81.1 cm³/mol. The third kappa shape index (κ3) is 4.71. The van der Waals surface area contributed by atoms with E-state index in [1.54, 1.807) is 6.07 Å². The Bertz CT molecular complexity index is 378. The molecule has 0 bridgehead atoms. The molecular weight excluding hydrogens is 241 g/mol. The van der Waals surface area contributed by atoms with Crippen LogP contribution in [0.3, 0.4) is 0 Å². The summed E-state index contributed by atoms with van der Waals surface area (Å²) in [5.74, 6) is -0.230. The molecule has 0 heterocycles. The minimum absolute atomic E-state index is 0.230. The number of anilines is 2. The van der Waals surface area contributed by atoms with Crippen molar-refractivity contribution < 1.29 is 4.39 Å². The summed E-state index contributed by atoms with van der Waals surface area (Å²) in [4.78, 5) is 4.53. The number of benzene rings is 1. The lowest BCUT2D eigenvalue weighted by molar-refractivity contribution is 0.301. The summed E-state index contributed by atoms with van der Waals surface area (Å²) in [6, 6.07) is 4.57. The van der Waals surface area contributed by atoms with Gasteiger partial charge in [0.2, 0.25) is 0 Å². The first-order valence-corrected chi connectivity index (χ1v) is 7.14. The quantitative estimate of drug-likeness (QED) is 0.735. The van der Waals surface area contributed by atoms with Crippen LogP contribution in [0, 0.1) is 5.82 Å². The van der Waals surface area contributed by atoms with Crippen molar-refractivity contribution in [3.05, 3.63) is 24.0 Å². The monoisotopic (exact) mass is 267 g/mol. The van der Waals surface area contributed by atoms with Gasteiger partial charge < -0.3 is 15.5 Å². The lowest BCUT2D eigenvalue weighted by Gasteiger charge is -2.26. The van der Waals surface area contributed by atoms with Gasteiger partial charge in [0, 0.05) is 13.1 Å². The minimum Gasteiger partial charge on any atom is -0.397 e. The second-order valence-corrected chi connectivity index (χ2v) is 4.66. The molecule has 0 aromatic heterocycles. The molecular formula is C15H26FN3. The molecule has 0 spiro atoms. The molecule has 1 aromatic carbocycles. The second-order valence-electron chi connectivity index (χ2n) is 4.66. The average Bonchev–Trinajstić information content (AvgIpc) is 2.42. The second kappa shape index (κ2) is 8.00. The third-order valence-electron chi connectivity index (χ3n) is 3.51. The molecule has 108 valence electrons. The molecule has 4 heteroatoms. The zero-order valence-electron chi connectivity index (χ0n) is 12.3. The molecule has 0 atom stereocenters. The van der Waals surface area contributed by atoms with Gasteiger partial charge in [0.05, 0.1) is 11.4 Å². The summed E-state index contributed by atoms with van der Waals surface area (Å²) in [5.41, 5.74) is 7.38. The Labute approximate surface area is 116 Å². The Morgan fingerprint density at radius 1 is 1.05 bits per heavy atom. The van der Waals surface area contributed by atoms with Crippen LogP contribution in [0.25, 0.3) is 0 Å². The van der Waals surface area contributed by atoms with Gasteiger partial charge in [-0.25, -0.2) is 4.39 Å². The number of rotatable bonds is 8. The van der Waals surface area contributed by atoms with Crippen LogP contribution in [-0.2, 0) is 0 Å². The molecule has 0 fully saturated rings. The Morgan fingerprint density at radius 3 is 2.32 bits per heavy atom. The van der Waals surface area contributed by atoms with Gasteiger partial charge in [-0.3, -0.25) is 0 Å². The molecule has 3 nitrogen and oxygen atoms in total. The predicted octanol–water partition coefficient (Wildman–Crippen LogP) is 2.97. The van der Waals surface area contributed by atoms with Gasteiger partial charge in [0.15, 0.2) is 0 Å². The summed E-state index contributed by atoms with van der Waals surface area (Å²) >= 11 is 0. The van der Waals surface area contributed by atoms with E-state index in [1.807, 2.05) is 0 Å². The van der Waals surface area contributed by atoms with Gasteiger partial charge in [-0.1, -0.05) is 13.8 Å². The Hall–Kier alpha value is -1.29. The maximum atomic E-state index is 13.3. The van der Waals surface area contributed by atoms with Gasteiger partial charge in [-0.05, 0) is 51.2 Å². The summed E-state index contributed by atoms with van der Waals surface area (Å²) in [6.07, 6.45) is 1.06. The highest BCUT2D eigenvalue weighted by atomic mass is 19.1. The van der Waals surface area contributed by atoms with E-state index >= 15 is 0 Å². The topological polar surface area (TPSA) is 32.5 Å². The average molecular weight is 267 g/mol. The maximum Gasteiger partial charge on any atom is 0.125 e. The molecule has 0 aliphatic rings. The summed E-state index contributed by atoms with van der Waals surface area (Å²) in [7, 11) is 0. The standard InChI is InChI=1S/C15H26FN3/c1-4-18(5-2)10-7-11-19(6-3)15-12-13(16)8-9-14(15)17/h8-9,12H,4-7,10-11,17H2,1-3H3. The number of halogens is 1. The van der Waals surface area contributed by atoms with E-state index in [4.69, 9.17) is 5.73 Å². The first-order chi connectivity index (χ1) is 9.12. The smallest absolute Gasteiger partial charge is 0.125 e. The zero-order chi connectivity index (χ0) is 14.3. The van der Waals surface area contributed by atoms with Gasteiger partial charge in [-0.15, -0.1) is 0 Å². The number of hydrogen-bond donors (Lipinski definition) is 1. The minimum atomic E-state index is -0.230. The lowest BCUT2D eigenvalue weighted by Crippen LogP contribution is -2.30. The number of hydrogen-bond acceptors (Lipinski definition) is 3. The zero-order valence-corrected chi connectivity index (χ0v) is 12.3. The molecule has 0 radical (unpaired) electrons. The Kier molecular flexibility index (Phi) is 6.64. The molecule has 1 aromatic rings. The summed E-state index contributed by atoms with van der Waals surface area (Å²) in [6.45, 7) is 11.4. The molecule has 19 heavy (non-hydrogen) atoms.